The second kappa shape index (κ2) is 6.44. The molecule has 25 heavy (non-hydrogen) atoms. The third-order valence-electron chi connectivity index (χ3n) is 4.94. The molecule has 1 aliphatic rings. The van der Waals surface area contributed by atoms with Crippen molar-refractivity contribution in [2.45, 2.75) is 39.3 Å². The number of piperidine rings is 1. The molecule has 132 valence electrons. The Morgan fingerprint density at radius 2 is 2.24 bits per heavy atom. The Kier molecular flexibility index (Phi) is 4.12. The first-order chi connectivity index (χ1) is 12.2. The second-order valence-electron chi connectivity index (χ2n) is 6.54. The first kappa shape index (κ1) is 16.0. The van der Waals surface area contributed by atoms with Crippen LogP contribution < -0.4 is 10.6 Å². The molecule has 0 saturated carbocycles. The van der Waals surface area contributed by atoms with Crippen LogP contribution in [0.5, 0.6) is 0 Å². The Morgan fingerprint density at radius 3 is 2.96 bits per heavy atom. The molecule has 1 fully saturated rings. The average Bonchev–Trinajstić information content (AvgIpc) is 3.17. The van der Waals surface area contributed by atoms with Gasteiger partial charge in [0, 0.05) is 31.9 Å². The summed E-state index contributed by atoms with van der Waals surface area (Å²) in [5.41, 5.74) is 3.79. The van der Waals surface area contributed by atoms with Gasteiger partial charge in [-0.2, -0.15) is 5.10 Å². The minimum atomic E-state index is 0.377. The minimum Gasteiger partial charge on any atom is -0.364 e. The molecular weight excluding hydrogens is 316 g/mol. The molecule has 0 amide bonds. The van der Waals surface area contributed by atoms with Crippen LogP contribution in [0.2, 0.25) is 0 Å². The van der Waals surface area contributed by atoms with Crippen molar-refractivity contribution < 1.29 is 0 Å². The first-order valence-electron chi connectivity index (χ1n) is 8.86. The van der Waals surface area contributed by atoms with Gasteiger partial charge in [-0.3, -0.25) is 4.68 Å². The summed E-state index contributed by atoms with van der Waals surface area (Å²) in [5, 5.41) is 11.4. The number of hydrogen-bond donors (Lipinski definition) is 2. The van der Waals surface area contributed by atoms with E-state index in [1.54, 1.807) is 6.33 Å². The molecule has 0 radical (unpaired) electrons. The maximum absolute atomic E-state index is 4.86. The molecular formula is C17H24N8. The van der Waals surface area contributed by atoms with Crippen LogP contribution in [0.15, 0.2) is 12.5 Å². The van der Waals surface area contributed by atoms with Crippen LogP contribution in [0.1, 0.15) is 25.5 Å². The van der Waals surface area contributed by atoms with Crippen LogP contribution in [-0.2, 0) is 13.6 Å². The number of rotatable bonds is 4. The van der Waals surface area contributed by atoms with Gasteiger partial charge in [0.1, 0.15) is 12.2 Å². The van der Waals surface area contributed by atoms with E-state index in [-0.39, 0.29) is 0 Å². The van der Waals surface area contributed by atoms with E-state index in [1.807, 2.05) is 22.5 Å². The highest BCUT2D eigenvalue weighted by Crippen LogP contribution is 2.28. The zero-order chi connectivity index (χ0) is 17.4. The largest absolute Gasteiger partial charge is 0.364 e. The Bertz CT molecular complexity index is 888. The molecule has 8 nitrogen and oxygen atoms in total. The highest BCUT2D eigenvalue weighted by atomic mass is 15.3. The van der Waals surface area contributed by atoms with Crippen LogP contribution >= 0.6 is 0 Å². The molecule has 3 aromatic rings. The third kappa shape index (κ3) is 2.76. The van der Waals surface area contributed by atoms with Crippen molar-refractivity contribution >= 4 is 17.0 Å². The van der Waals surface area contributed by atoms with Gasteiger partial charge in [-0.15, -0.1) is 0 Å². The van der Waals surface area contributed by atoms with Crippen molar-refractivity contribution in [3.05, 3.63) is 18.2 Å². The summed E-state index contributed by atoms with van der Waals surface area (Å²) >= 11 is 0. The van der Waals surface area contributed by atoms with E-state index in [4.69, 9.17) is 4.98 Å². The predicted molar refractivity (Wildman–Crippen MR) is 97.5 cm³/mol. The Balaban J connectivity index is 1.76. The van der Waals surface area contributed by atoms with E-state index in [9.17, 15) is 0 Å². The van der Waals surface area contributed by atoms with Crippen LogP contribution in [0.3, 0.4) is 0 Å². The fraction of sp³-hybridized carbons (Fsp3) is 0.529. The Labute approximate surface area is 146 Å². The fourth-order valence-electron chi connectivity index (χ4n) is 3.50. The van der Waals surface area contributed by atoms with E-state index in [0.717, 1.165) is 60.1 Å². The molecule has 0 aromatic carbocycles. The number of nitrogens with zero attached hydrogens (tertiary/aromatic N) is 6. The van der Waals surface area contributed by atoms with Gasteiger partial charge in [0.2, 0.25) is 0 Å². The molecule has 1 saturated heterocycles. The first-order valence-corrected chi connectivity index (χ1v) is 8.86. The monoisotopic (exact) mass is 340 g/mol. The van der Waals surface area contributed by atoms with Gasteiger partial charge in [0.05, 0.1) is 11.8 Å². The van der Waals surface area contributed by atoms with Gasteiger partial charge in [0.15, 0.2) is 17.0 Å². The molecule has 1 atom stereocenters. The fourth-order valence-corrected chi connectivity index (χ4v) is 3.50. The smallest absolute Gasteiger partial charge is 0.165 e. The molecule has 4 rings (SSSR count). The quantitative estimate of drug-likeness (QED) is 0.752. The topological polar surface area (TPSA) is 85.5 Å². The molecule has 8 heteroatoms. The van der Waals surface area contributed by atoms with Gasteiger partial charge < -0.3 is 15.2 Å². The predicted octanol–water partition coefficient (Wildman–Crippen LogP) is 1.72. The number of anilines is 1. The summed E-state index contributed by atoms with van der Waals surface area (Å²) in [6.07, 6.45) is 5.80. The molecule has 0 bridgehead atoms. The molecule has 2 N–H and O–H groups in total. The lowest BCUT2D eigenvalue weighted by molar-refractivity contribution is 0.479. The average molecular weight is 340 g/mol. The van der Waals surface area contributed by atoms with Gasteiger partial charge in [-0.05, 0) is 33.2 Å². The zero-order valence-electron chi connectivity index (χ0n) is 15.0. The van der Waals surface area contributed by atoms with Crippen molar-refractivity contribution in [2.24, 2.45) is 7.05 Å². The summed E-state index contributed by atoms with van der Waals surface area (Å²) in [6, 6.07) is 0.377. The van der Waals surface area contributed by atoms with Gasteiger partial charge in [-0.1, -0.05) is 0 Å². The number of imidazole rings is 1. The van der Waals surface area contributed by atoms with Gasteiger partial charge in [0.25, 0.3) is 0 Å². The van der Waals surface area contributed by atoms with Crippen LogP contribution in [0.4, 0.5) is 5.82 Å². The van der Waals surface area contributed by atoms with E-state index in [1.165, 1.54) is 6.42 Å². The minimum absolute atomic E-state index is 0.377. The maximum atomic E-state index is 4.86. The van der Waals surface area contributed by atoms with E-state index < -0.39 is 0 Å². The van der Waals surface area contributed by atoms with E-state index >= 15 is 0 Å². The maximum Gasteiger partial charge on any atom is 0.165 e. The highest BCUT2D eigenvalue weighted by molar-refractivity contribution is 5.86. The number of hydrogen-bond acceptors (Lipinski definition) is 6. The Morgan fingerprint density at radius 1 is 1.36 bits per heavy atom. The second-order valence-corrected chi connectivity index (χ2v) is 6.54. The van der Waals surface area contributed by atoms with Crippen molar-refractivity contribution in [1.82, 2.24) is 34.6 Å². The van der Waals surface area contributed by atoms with E-state index in [2.05, 4.69) is 39.5 Å². The van der Waals surface area contributed by atoms with Crippen LogP contribution in [0.25, 0.3) is 22.6 Å². The van der Waals surface area contributed by atoms with Gasteiger partial charge in [-0.25, -0.2) is 15.0 Å². The Hall–Kier alpha value is -2.48. The summed E-state index contributed by atoms with van der Waals surface area (Å²) in [6.45, 7) is 7.05. The molecule has 3 aromatic heterocycles. The SMILES string of the molecule is CCn1ncc(-c2nc3c(N[C@H]4CCCNC4)ncnc3n2C)c1C. The molecule has 4 heterocycles. The summed E-state index contributed by atoms with van der Waals surface area (Å²) in [4.78, 5) is 13.7. The number of nitrogens with one attached hydrogen (secondary N) is 2. The van der Waals surface area contributed by atoms with Crippen LogP contribution in [-0.4, -0.2) is 48.4 Å². The summed E-state index contributed by atoms with van der Waals surface area (Å²) in [5.74, 6) is 1.68. The highest BCUT2D eigenvalue weighted by Gasteiger charge is 2.20. The standard InChI is InChI=1S/C17H24N8/c1-4-25-11(2)13(9-21-25)16-23-14-15(19-10-20-17(14)24(16)3)22-12-6-5-7-18-8-12/h9-10,12,18H,4-8H2,1-3H3,(H,19,20,22)/t12-/m0/s1. The molecule has 0 aliphatic carbocycles. The number of fused-ring (bicyclic) bond motifs is 1. The lowest BCUT2D eigenvalue weighted by atomic mass is 10.1. The van der Waals surface area contributed by atoms with Crippen molar-refractivity contribution in [1.29, 1.82) is 0 Å². The number of aromatic nitrogens is 6. The zero-order valence-corrected chi connectivity index (χ0v) is 15.0. The van der Waals surface area contributed by atoms with Gasteiger partial charge >= 0.3 is 0 Å². The summed E-state index contributed by atoms with van der Waals surface area (Å²) < 4.78 is 4.00. The van der Waals surface area contributed by atoms with Crippen molar-refractivity contribution in [3.63, 3.8) is 0 Å². The molecule has 0 spiro atoms. The van der Waals surface area contributed by atoms with E-state index in [0.29, 0.717) is 6.04 Å². The molecule has 0 unspecified atom stereocenters. The van der Waals surface area contributed by atoms with Crippen molar-refractivity contribution in [2.75, 3.05) is 18.4 Å². The lowest BCUT2D eigenvalue weighted by Crippen LogP contribution is -2.38. The third-order valence-corrected chi connectivity index (χ3v) is 4.94. The number of aryl methyl sites for hydroxylation is 2. The lowest BCUT2D eigenvalue weighted by Gasteiger charge is -2.24. The van der Waals surface area contributed by atoms with Crippen LogP contribution in [0, 0.1) is 6.92 Å². The molecule has 1 aliphatic heterocycles. The van der Waals surface area contributed by atoms with Crippen molar-refractivity contribution in [3.8, 4) is 11.4 Å². The normalized spacial score (nSPS) is 18.0. The summed E-state index contributed by atoms with van der Waals surface area (Å²) in [7, 11) is 1.99.